The predicted molar refractivity (Wildman–Crippen MR) is 88.2 cm³/mol. The van der Waals surface area contributed by atoms with E-state index < -0.39 is 0 Å². The quantitative estimate of drug-likeness (QED) is 0.846. The van der Waals surface area contributed by atoms with Crippen LogP contribution in [-0.2, 0) is 0 Å². The third kappa shape index (κ3) is 3.51. The number of nitrogens with one attached hydrogen (secondary N) is 1. The highest BCUT2D eigenvalue weighted by atomic mass is 79.9. The summed E-state index contributed by atoms with van der Waals surface area (Å²) in [7, 11) is 0. The van der Waals surface area contributed by atoms with Gasteiger partial charge in [-0.1, -0.05) is 13.8 Å². The fourth-order valence-corrected chi connectivity index (χ4v) is 3.41. The van der Waals surface area contributed by atoms with Crippen LogP contribution in [0.2, 0.25) is 0 Å². The van der Waals surface area contributed by atoms with Crippen LogP contribution in [-0.4, -0.2) is 16.5 Å². The molecule has 0 unspecified atom stereocenters. The molecule has 4 heteroatoms. The molecule has 1 aromatic heterocycles. The largest absolute Gasteiger partial charge is 0.369 e. The fourth-order valence-electron chi connectivity index (χ4n) is 3.09. The van der Waals surface area contributed by atoms with Crippen LogP contribution in [0.1, 0.15) is 63.9 Å². The van der Waals surface area contributed by atoms with Gasteiger partial charge in [0.2, 0.25) is 0 Å². The molecular formula is C16H26BrN3. The Morgan fingerprint density at radius 3 is 2.40 bits per heavy atom. The molecule has 20 heavy (non-hydrogen) atoms. The first-order valence-electron chi connectivity index (χ1n) is 7.80. The maximum Gasteiger partial charge on any atom is 0.144 e. The van der Waals surface area contributed by atoms with Crippen molar-refractivity contribution in [2.24, 2.45) is 11.8 Å². The highest BCUT2D eigenvalue weighted by molar-refractivity contribution is 9.10. The molecule has 1 saturated carbocycles. The number of hydrogen-bond donors (Lipinski definition) is 1. The molecule has 1 aliphatic carbocycles. The smallest absolute Gasteiger partial charge is 0.144 e. The van der Waals surface area contributed by atoms with Crippen LogP contribution in [0.15, 0.2) is 4.47 Å². The summed E-state index contributed by atoms with van der Waals surface area (Å²) in [6, 6.07) is 0. The summed E-state index contributed by atoms with van der Waals surface area (Å²) < 4.78 is 0.999. The Hall–Kier alpha value is -0.640. The standard InChI is InChI=1S/C16H26BrN3/c1-5-18-16-14(17)11(4)19-15(20-16)13-8-6-12(7-9-13)10(2)3/h10,12-13H,5-9H2,1-4H3,(H,18,19,20). The van der Waals surface area contributed by atoms with Crippen LogP contribution < -0.4 is 5.32 Å². The molecular weight excluding hydrogens is 314 g/mol. The van der Waals surface area contributed by atoms with Crippen molar-refractivity contribution < 1.29 is 0 Å². The first-order valence-corrected chi connectivity index (χ1v) is 8.60. The molecule has 1 fully saturated rings. The van der Waals surface area contributed by atoms with Gasteiger partial charge in [0.1, 0.15) is 11.6 Å². The van der Waals surface area contributed by atoms with Gasteiger partial charge in [-0.2, -0.15) is 0 Å². The van der Waals surface area contributed by atoms with Crippen molar-refractivity contribution in [1.29, 1.82) is 0 Å². The third-order valence-electron chi connectivity index (χ3n) is 4.46. The van der Waals surface area contributed by atoms with Crippen LogP contribution in [0.25, 0.3) is 0 Å². The van der Waals surface area contributed by atoms with Gasteiger partial charge >= 0.3 is 0 Å². The summed E-state index contributed by atoms with van der Waals surface area (Å²) in [6.45, 7) is 9.71. The SMILES string of the molecule is CCNc1nc(C2CCC(C(C)C)CC2)nc(C)c1Br. The van der Waals surface area contributed by atoms with Crippen LogP contribution in [0.3, 0.4) is 0 Å². The number of rotatable bonds is 4. The number of hydrogen-bond acceptors (Lipinski definition) is 3. The molecule has 2 rings (SSSR count). The topological polar surface area (TPSA) is 37.8 Å². The average Bonchev–Trinajstić information content (AvgIpc) is 2.44. The molecule has 0 saturated heterocycles. The summed E-state index contributed by atoms with van der Waals surface area (Å²) in [5.41, 5.74) is 1.04. The zero-order valence-electron chi connectivity index (χ0n) is 13.0. The van der Waals surface area contributed by atoms with Gasteiger partial charge in [-0.25, -0.2) is 9.97 Å². The lowest BCUT2D eigenvalue weighted by atomic mass is 9.76. The van der Waals surface area contributed by atoms with Gasteiger partial charge in [0.25, 0.3) is 0 Å². The van der Waals surface area contributed by atoms with E-state index in [4.69, 9.17) is 9.97 Å². The Kier molecular flexibility index (Phi) is 5.42. The number of halogens is 1. The number of nitrogens with zero attached hydrogens (tertiary/aromatic N) is 2. The van der Waals surface area contributed by atoms with E-state index in [1.54, 1.807) is 0 Å². The lowest BCUT2D eigenvalue weighted by molar-refractivity contribution is 0.254. The Morgan fingerprint density at radius 2 is 1.85 bits per heavy atom. The lowest BCUT2D eigenvalue weighted by Gasteiger charge is -2.30. The molecule has 1 N–H and O–H groups in total. The minimum atomic E-state index is 0.536. The Labute approximate surface area is 131 Å². The first kappa shape index (κ1) is 15.7. The molecule has 1 aliphatic rings. The molecule has 0 aromatic carbocycles. The molecule has 1 aromatic rings. The molecule has 0 spiro atoms. The molecule has 0 bridgehead atoms. The maximum absolute atomic E-state index is 4.75. The first-order chi connectivity index (χ1) is 9.52. The summed E-state index contributed by atoms with van der Waals surface area (Å²) in [4.78, 5) is 9.46. The molecule has 3 nitrogen and oxygen atoms in total. The van der Waals surface area contributed by atoms with Crippen molar-refractivity contribution in [3.63, 3.8) is 0 Å². The second-order valence-corrected chi connectivity index (χ2v) is 7.01. The third-order valence-corrected chi connectivity index (χ3v) is 5.41. The van der Waals surface area contributed by atoms with Gasteiger partial charge in [-0.15, -0.1) is 0 Å². The highest BCUT2D eigenvalue weighted by Gasteiger charge is 2.26. The molecule has 112 valence electrons. The zero-order valence-corrected chi connectivity index (χ0v) is 14.6. The summed E-state index contributed by atoms with van der Waals surface area (Å²) in [5.74, 6) is 4.20. The monoisotopic (exact) mass is 339 g/mol. The molecule has 0 amide bonds. The van der Waals surface area contributed by atoms with Crippen molar-refractivity contribution in [3.8, 4) is 0 Å². The maximum atomic E-state index is 4.75. The van der Waals surface area contributed by atoms with E-state index in [1.165, 1.54) is 25.7 Å². The van der Waals surface area contributed by atoms with Crippen molar-refractivity contribution in [2.75, 3.05) is 11.9 Å². The van der Waals surface area contributed by atoms with E-state index >= 15 is 0 Å². The second-order valence-electron chi connectivity index (χ2n) is 6.22. The van der Waals surface area contributed by atoms with Gasteiger partial charge in [0.15, 0.2) is 0 Å². The van der Waals surface area contributed by atoms with E-state index in [0.29, 0.717) is 5.92 Å². The predicted octanol–water partition coefficient (Wildman–Crippen LogP) is 4.91. The Morgan fingerprint density at radius 1 is 1.20 bits per heavy atom. The Bertz CT molecular complexity index is 451. The summed E-state index contributed by atoms with van der Waals surface area (Å²) >= 11 is 3.58. The normalized spacial score (nSPS) is 23.1. The highest BCUT2D eigenvalue weighted by Crippen LogP contribution is 2.38. The van der Waals surface area contributed by atoms with Crippen molar-refractivity contribution in [3.05, 3.63) is 16.0 Å². The second kappa shape index (κ2) is 6.88. The summed E-state index contributed by atoms with van der Waals surface area (Å²) in [5, 5.41) is 3.33. The van der Waals surface area contributed by atoms with E-state index in [0.717, 1.165) is 40.2 Å². The van der Waals surface area contributed by atoms with E-state index in [2.05, 4.69) is 48.9 Å². The minimum Gasteiger partial charge on any atom is -0.369 e. The zero-order chi connectivity index (χ0) is 14.7. The van der Waals surface area contributed by atoms with E-state index in [9.17, 15) is 0 Å². The van der Waals surface area contributed by atoms with Gasteiger partial charge in [-0.3, -0.25) is 0 Å². The number of aryl methyl sites for hydroxylation is 1. The van der Waals surface area contributed by atoms with Crippen molar-refractivity contribution in [2.45, 2.75) is 59.3 Å². The van der Waals surface area contributed by atoms with Crippen LogP contribution >= 0.6 is 15.9 Å². The van der Waals surface area contributed by atoms with E-state index in [-0.39, 0.29) is 0 Å². The molecule has 1 heterocycles. The van der Waals surface area contributed by atoms with Gasteiger partial charge in [0, 0.05) is 12.5 Å². The average molecular weight is 340 g/mol. The van der Waals surface area contributed by atoms with Gasteiger partial charge < -0.3 is 5.32 Å². The molecule has 0 radical (unpaired) electrons. The van der Waals surface area contributed by atoms with Gasteiger partial charge in [0.05, 0.1) is 10.2 Å². The van der Waals surface area contributed by atoms with Crippen LogP contribution in [0.4, 0.5) is 5.82 Å². The number of aromatic nitrogens is 2. The fraction of sp³-hybridized carbons (Fsp3) is 0.750. The number of anilines is 1. The minimum absolute atomic E-state index is 0.536. The summed E-state index contributed by atoms with van der Waals surface area (Å²) in [6.07, 6.45) is 5.10. The molecule has 0 atom stereocenters. The van der Waals surface area contributed by atoms with E-state index in [1.807, 2.05) is 0 Å². The van der Waals surface area contributed by atoms with Crippen LogP contribution in [0.5, 0.6) is 0 Å². The molecule has 0 aliphatic heterocycles. The lowest BCUT2D eigenvalue weighted by Crippen LogP contribution is -2.19. The van der Waals surface area contributed by atoms with Gasteiger partial charge in [-0.05, 0) is 67.3 Å². The Balaban J connectivity index is 2.13. The van der Waals surface area contributed by atoms with Crippen molar-refractivity contribution >= 4 is 21.7 Å². The van der Waals surface area contributed by atoms with Crippen molar-refractivity contribution in [1.82, 2.24) is 9.97 Å². The van der Waals surface area contributed by atoms with Crippen LogP contribution in [0, 0.1) is 18.8 Å².